The van der Waals surface area contributed by atoms with Crippen molar-refractivity contribution in [3.8, 4) is 23.0 Å². The molecule has 0 spiro atoms. The lowest BCUT2D eigenvalue weighted by Crippen LogP contribution is -3.16. The van der Waals surface area contributed by atoms with Crippen LogP contribution in [0.4, 0.5) is 0 Å². The van der Waals surface area contributed by atoms with Crippen LogP contribution in [0.15, 0.2) is 36.4 Å². The van der Waals surface area contributed by atoms with Crippen molar-refractivity contribution in [1.29, 1.82) is 0 Å². The molecule has 2 aliphatic heterocycles. The van der Waals surface area contributed by atoms with E-state index in [1.54, 1.807) is 30.3 Å². The number of carbonyl (C=O) groups excluding carboxylic acids is 2. The summed E-state index contributed by atoms with van der Waals surface area (Å²) in [6.45, 7) is 0.213. The number of amides is 2. The number of nitrogens with one attached hydrogen (secondary N) is 1. The maximum atomic E-state index is 12.9. The highest BCUT2D eigenvalue weighted by Gasteiger charge is 2.35. The third-order valence-electron chi connectivity index (χ3n) is 4.22. The lowest BCUT2D eigenvalue weighted by Gasteiger charge is -2.12. The van der Waals surface area contributed by atoms with E-state index in [9.17, 15) is 9.59 Å². The van der Waals surface area contributed by atoms with Gasteiger partial charge in [0.25, 0.3) is 0 Å². The normalized spacial score (nSPS) is 18.4. The average molecular weight is 342 g/mol. The van der Waals surface area contributed by atoms with Crippen LogP contribution in [0.3, 0.4) is 0 Å². The monoisotopic (exact) mass is 342 g/mol. The van der Waals surface area contributed by atoms with Crippen molar-refractivity contribution in [1.82, 2.24) is 0 Å². The fraction of sp³-hybridized carbons (Fsp3) is 0.222. The highest BCUT2D eigenvalue weighted by Crippen LogP contribution is 2.32. The summed E-state index contributed by atoms with van der Waals surface area (Å²) in [5.41, 5.74) is 1.17. The standard InChI is InChI=1S/C18H15NO6/c1-22-12-3-4-13-15(7-12)23-9-17(20)19(18(13)21)8-11-2-5-14-16(6-11)25-10-24-14/h2-7H,8-10H2,1H3/p+1. The van der Waals surface area contributed by atoms with E-state index >= 15 is 0 Å². The molecular weight excluding hydrogens is 326 g/mol. The number of carbonyl (C=O) groups is 2. The Bertz CT molecular complexity index is 863. The molecule has 2 amide bonds. The molecule has 0 aromatic heterocycles. The van der Waals surface area contributed by atoms with Crippen LogP contribution in [0.5, 0.6) is 23.0 Å². The molecule has 0 radical (unpaired) electrons. The van der Waals surface area contributed by atoms with Gasteiger partial charge in [-0.05, 0) is 30.3 Å². The predicted octanol–water partition coefficient (Wildman–Crippen LogP) is 0.568. The molecule has 1 unspecified atom stereocenters. The highest BCUT2D eigenvalue weighted by molar-refractivity contribution is 5.97. The quantitative estimate of drug-likeness (QED) is 0.822. The fourth-order valence-electron chi connectivity index (χ4n) is 2.89. The van der Waals surface area contributed by atoms with Gasteiger partial charge < -0.3 is 18.9 Å². The molecule has 0 fully saturated rings. The molecule has 0 bridgehead atoms. The second-order valence-corrected chi connectivity index (χ2v) is 5.75. The summed E-state index contributed by atoms with van der Waals surface area (Å²) in [6.07, 6.45) is 0. The van der Waals surface area contributed by atoms with Crippen LogP contribution < -0.4 is 23.8 Å². The van der Waals surface area contributed by atoms with E-state index in [4.69, 9.17) is 18.9 Å². The molecule has 0 aliphatic carbocycles. The van der Waals surface area contributed by atoms with Gasteiger partial charge in [-0.15, -0.1) is 0 Å². The molecule has 2 aliphatic rings. The zero-order valence-electron chi connectivity index (χ0n) is 13.5. The Morgan fingerprint density at radius 3 is 2.68 bits per heavy atom. The molecule has 25 heavy (non-hydrogen) atoms. The van der Waals surface area contributed by atoms with Gasteiger partial charge in [-0.2, -0.15) is 4.90 Å². The number of hydrogen-bond acceptors (Lipinski definition) is 6. The summed E-state index contributed by atoms with van der Waals surface area (Å²) in [5, 5.41) is 0. The first-order valence-electron chi connectivity index (χ1n) is 7.79. The van der Waals surface area contributed by atoms with Crippen LogP contribution >= 0.6 is 0 Å². The number of quaternary nitrogens is 1. The van der Waals surface area contributed by atoms with Crippen LogP contribution in [0, 0.1) is 0 Å². The van der Waals surface area contributed by atoms with Crippen LogP contribution in [-0.2, 0) is 11.3 Å². The molecule has 4 rings (SSSR count). The Morgan fingerprint density at radius 2 is 1.84 bits per heavy atom. The van der Waals surface area contributed by atoms with E-state index in [1.165, 1.54) is 7.11 Å². The Labute approximate surface area is 143 Å². The van der Waals surface area contributed by atoms with Crippen molar-refractivity contribution < 1.29 is 33.4 Å². The average Bonchev–Trinajstić information content (AvgIpc) is 3.07. The lowest BCUT2D eigenvalue weighted by molar-refractivity contribution is -0.746. The minimum absolute atomic E-state index is 0.175. The summed E-state index contributed by atoms with van der Waals surface area (Å²) < 4.78 is 21.3. The van der Waals surface area contributed by atoms with E-state index in [0.29, 0.717) is 28.6 Å². The summed E-state index contributed by atoms with van der Waals surface area (Å²) in [5.74, 6) is 1.56. The number of benzene rings is 2. The minimum Gasteiger partial charge on any atom is -0.497 e. The Kier molecular flexibility index (Phi) is 3.77. The molecule has 2 heterocycles. The second kappa shape index (κ2) is 6.10. The summed E-state index contributed by atoms with van der Waals surface area (Å²) in [4.78, 5) is 25.5. The van der Waals surface area contributed by atoms with Gasteiger partial charge in [-0.1, -0.05) is 0 Å². The topological polar surface area (TPSA) is 75.5 Å². The van der Waals surface area contributed by atoms with Crippen molar-refractivity contribution in [3.63, 3.8) is 0 Å². The SMILES string of the molecule is COc1ccc2c(c1)OCC(=O)[NH+](Cc1ccc3c(c1)OCO3)C2=O. The third kappa shape index (κ3) is 2.78. The first-order chi connectivity index (χ1) is 12.2. The number of hydrogen-bond donors (Lipinski definition) is 1. The first kappa shape index (κ1) is 15.5. The van der Waals surface area contributed by atoms with Crippen LogP contribution in [0.2, 0.25) is 0 Å². The van der Waals surface area contributed by atoms with Gasteiger partial charge in [-0.25, -0.2) is 9.59 Å². The van der Waals surface area contributed by atoms with Gasteiger partial charge in [0.15, 0.2) is 11.5 Å². The van der Waals surface area contributed by atoms with Gasteiger partial charge in [0, 0.05) is 11.6 Å². The third-order valence-corrected chi connectivity index (χ3v) is 4.22. The van der Waals surface area contributed by atoms with Crippen molar-refractivity contribution in [2.75, 3.05) is 20.5 Å². The molecule has 1 N–H and O–H groups in total. The molecule has 0 saturated heterocycles. The van der Waals surface area contributed by atoms with Gasteiger partial charge in [0.1, 0.15) is 23.6 Å². The van der Waals surface area contributed by atoms with Gasteiger partial charge in [0.05, 0.1) is 7.11 Å². The number of ether oxygens (including phenoxy) is 4. The smallest absolute Gasteiger partial charge is 0.357 e. The zero-order valence-corrected chi connectivity index (χ0v) is 13.5. The number of imide groups is 1. The number of fused-ring (bicyclic) bond motifs is 2. The predicted molar refractivity (Wildman–Crippen MR) is 85.1 cm³/mol. The molecule has 7 nitrogen and oxygen atoms in total. The van der Waals surface area contributed by atoms with Crippen LogP contribution in [0.25, 0.3) is 0 Å². The summed E-state index contributed by atoms with van der Waals surface area (Å²) in [6, 6.07) is 10.3. The molecule has 7 heteroatoms. The summed E-state index contributed by atoms with van der Waals surface area (Å²) in [7, 11) is 1.53. The molecule has 0 saturated carbocycles. The maximum Gasteiger partial charge on any atom is 0.357 e. The van der Waals surface area contributed by atoms with Crippen molar-refractivity contribution in [2.24, 2.45) is 0 Å². The van der Waals surface area contributed by atoms with Crippen molar-refractivity contribution in [2.45, 2.75) is 6.54 Å². The van der Waals surface area contributed by atoms with Crippen molar-refractivity contribution >= 4 is 11.8 Å². The second-order valence-electron chi connectivity index (χ2n) is 5.75. The molecule has 2 aromatic carbocycles. The molecule has 2 aromatic rings. The van der Waals surface area contributed by atoms with E-state index in [1.807, 2.05) is 6.07 Å². The Balaban J connectivity index is 1.64. The molecule has 128 valence electrons. The van der Waals surface area contributed by atoms with Crippen molar-refractivity contribution in [3.05, 3.63) is 47.5 Å². The van der Waals surface area contributed by atoms with Crippen LogP contribution in [0.1, 0.15) is 15.9 Å². The minimum atomic E-state index is -0.321. The van der Waals surface area contributed by atoms with E-state index in [0.717, 1.165) is 5.56 Å². The first-order valence-corrected chi connectivity index (χ1v) is 7.79. The largest absolute Gasteiger partial charge is 0.497 e. The Morgan fingerprint density at radius 1 is 1.00 bits per heavy atom. The molecular formula is C18H16NO6+. The lowest BCUT2D eigenvalue weighted by atomic mass is 10.1. The van der Waals surface area contributed by atoms with E-state index < -0.39 is 0 Å². The van der Waals surface area contributed by atoms with Gasteiger partial charge in [0.2, 0.25) is 13.4 Å². The zero-order chi connectivity index (χ0) is 17.4. The number of rotatable bonds is 3. The summed E-state index contributed by atoms with van der Waals surface area (Å²) >= 11 is 0. The molecule has 1 atom stereocenters. The number of methoxy groups -OCH3 is 1. The van der Waals surface area contributed by atoms with Crippen LogP contribution in [-0.4, -0.2) is 32.3 Å². The fourth-order valence-corrected chi connectivity index (χ4v) is 2.89. The van der Waals surface area contributed by atoms with Gasteiger partial charge in [-0.3, -0.25) is 0 Å². The maximum absolute atomic E-state index is 12.9. The Hall–Kier alpha value is -3.06. The van der Waals surface area contributed by atoms with E-state index in [-0.39, 0.29) is 36.7 Å². The van der Waals surface area contributed by atoms with Gasteiger partial charge >= 0.3 is 11.8 Å². The highest BCUT2D eigenvalue weighted by atomic mass is 16.7. The van der Waals surface area contributed by atoms with E-state index in [2.05, 4.69) is 0 Å².